The second-order valence-electron chi connectivity index (χ2n) is 2.99. The number of hydrogen-bond acceptors (Lipinski definition) is 3. The third kappa shape index (κ3) is 2.05. The zero-order chi connectivity index (χ0) is 11.4. The molecule has 0 heterocycles. The van der Waals surface area contributed by atoms with Gasteiger partial charge >= 0.3 is 0 Å². The Balaban J connectivity index is 3.51. The predicted molar refractivity (Wildman–Crippen MR) is 56.3 cm³/mol. The molecule has 1 rings (SSSR count). The molecular weight excluding hydrogens is 214 g/mol. The molecule has 0 bridgehead atoms. The number of carbonyl (C=O) groups is 2. The van der Waals surface area contributed by atoms with Gasteiger partial charge in [0.25, 0.3) is 0 Å². The van der Waals surface area contributed by atoms with Gasteiger partial charge in [0.2, 0.25) is 0 Å². The van der Waals surface area contributed by atoms with Crippen molar-refractivity contribution in [3.05, 3.63) is 34.4 Å². The predicted octanol–water partition coefficient (Wildman–Crippen LogP) is 2.10. The first kappa shape index (κ1) is 11.4. The molecule has 15 heavy (non-hydrogen) atoms. The van der Waals surface area contributed by atoms with E-state index in [-0.39, 0.29) is 22.8 Å². The lowest BCUT2D eigenvalue weighted by Crippen LogP contribution is -2.08. The molecule has 0 unspecified atom stereocenters. The largest absolute Gasteiger partial charge is 0.298 e. The van der Waals surface area contributed by atoms with Crippen LogP contribution in [0.25, 0.3) is 0 Å². The minimum absolute atomic E-state index is 0.197. The number of aldehydes is 1. The average Bonchev–Trinajstić information content (AvgIpc) is 2.27. The molecule has 4 heteroatoms. The Morgan fingerprint density at radius 1 is 1.60 bits per heavy atom. The van der Waals surface area contributed by atoms with Crippen LogP contribution in [0.3, 0.4) is 0 Å². The molecule has 1 aromatic rings. The number of benzene rings is 1. The summed E-state index contributed by atoms with van der Waals surface area (Å²) in [6.45, 7) is 1.63. The SMILES string of the molecule is Cc1c(C=O)ccc(C#N)c1C(=O)CCl. The summed E-state index contributed by atoms with van der Waals surface area (Å²) in [5, 5.41) is 8.82. The summed E-state index contributed by atoms with van der Waals surface area (Å²) in [6, 6.07) is 4.88. The topological polar surface area (TPSA) is 57.9 Å². The van der Waals surface area contributed by atoms with Crippen molar-refractivity contribution in [2.45, 2.75) is 6.92 Å². The number of nitrogens with zero attached hydrogens (tertiary/aromatic N) is 1. The van der Waals surface area contributed by atoms with Crippen LogP contribution in [-0.4, -0.2) is 17.9 Å². The lowest BCUT2D eigenvalue weighted by molar-refractivity contribution is 0.102. The van der Waals surface area contributed by atoms with E-state index in [2.05, 4.69) is 0 Å². The van der Waals surface area contributed by atoms with Crippen LogP contribution in [0.15, 0.2) is 12.1 Å². The summed E-state index contributed by atoms with van der Waals surface area (Å²) in [6.07, 6.45) is 0.654. The smallest absolute Gasteiger partial charge is 0.179 e. The molecule has 0 aliphatic carbocycles. The Kier molecular flexibility index (Phi) is 3.59. The minimum Gasteiger partial charge on any atom is -0.298 e. The molecule has 0 aromatic heterocycles. The van der Waals surface area contributed by atoms with Gasteiger partial charge in [0.1, 0.15) is 6.29 Å². The Morgan fingerprint density at radius 3 is 2.73 bits per heavy atom. The Labute approximate surface area is 92.3 Å². The molecule has 0 fully saturated rings. The lowest BCUT2D eigenvalue weighted by Gasteiger charge is -2.07. The highest BCUT2D eigenvalue weighted by molar-refractivity contribution is 6.31. The van der Waals surface area contributed by atoms with Gasteiger partial charge in [-0.15, -0.1) is 11.6 Å². The molecule has 0 radical (unpaired) electrons. The van der Waals surface area contributed by atoms with Crippen molar-refractivity contribution >= 4 is 23.7 Å². The van der Waals surface area contributed by atoms with Crippen molar-refractivity contribution in [2.75, 3.05) is 5.88 Å². The molecule has 3 nitrogen and oxygen atoms in total. The maximum absolute atomic E-state index is 11.5. The fourth-order valence-corrected chi connectivity index (χ4v) is 1.51. The van der Waals surface area contributed by atoms with Gasteiger partial charge in [-0.25, -0.2) is 0 Å². The first-order valence-corrected chi connectivity index (χ1v) is 4.77. The average molecular weight is 222 g/mol. The van der Waals surface area contributed by atoms with Crippen LogP contribution < -0.4 is 0 Å². The fraction of sp³-hybridized carbons (Fsp3) is 0.182. The van der Waals surface area contributed by atoms with E-state index in [0.717, 1.165) is 0 Å². The minimum atomic E-state index is -0.339. The highest BCUT2D eigenvalue weighted by atomic mass is 35.5. The van der Waals surface area contributed by atoms with Crippen molar-refractivity contribution in [1.29, 1.82) is 5.26 Å². The monoisotopic (exact) mass is 221 g/mol. The number of ketones is 1. The van der Waals surface area contributed by atoms with Crippen LogP contribution in [-0.2, 0) is 0 Å². The van der Waals surface area contributed by atoms with E-state index in [4.69, 9.17) is 16.9 Å². The number of carbonyl (C=O) groups excluding carboxylic acids is 2. The van der Waals surface area contributed by atoms with Crippen LogP contribution in [0.4, 0.5) is 0 Å². The molecule has 0 amide bonds. The summed E-state index contributed by atoms with van der Waals surface area (Å²) in [7, 11) is 0. The maximum atomic E-state index is 11.5. The van der Waals surface area contributed by atoms with Gasteiger partial charge in [-0.05, 0) is 18.6 Å². The van der Waals surface area contributed by atoms with Crippen molar-refractivity contribution in [3.8, 4) is 6.07 Å². The van der Waals surface area contributed by atoms with Crippen LogP contribution in [0.1, 0.15) is 31.8 Å². The summed E-state index contributed by atoms with van der Waals surface area (Å²) in [4.78, 5) is 22.1. The molecule has 1 aromatic carbocycles. The van der Waals surface area contributed by atoms with E-state index in [1.54, 1.807) is 6.92 Å². The van der Waals surface area contributed by atoms with Crippen LogP contribution >= 0.6 is 11.6 Å². The molecule has 76 valence electrons. The molecule has 0 saturated heterocycles. The van der Waals surface area contributed by atoms with E-state index in [0.29, 0.717) is 17.4 Å². The summed E-state index contributed by atoms with van der Waals surface area (Å²) in [5.41, 5.74) is 1.41. The maximum Gasteiger partial charge on any atom is 0.179 e. The molecule has 0 aliphatic heterocycles. The second-order valence-corrected chi connectivity index (χ2v) is 3.26. The second kappa shape index (κ2) is 4.72. The summed E-state index contributed by atoms with van der Waals surface area (Å²) < 4.78 is 0. The van der Waals surface area contributed by atoms with Gasteiger partial charge in [-0.2, -0.15) is 5.26 Å². The van der Waals surface area contributed by atoms with Gasteiger partial charge in [0, 0.05) is 11.1 Å². The van der Waals surface area contributed by atoms with Crippen molar-refractivity contribution in [3.63, 3.8) is 0 Å². The van der Waals surface area contributed by atoms with Crippen LogP contribution in [0.5, 0.6) is 0 Å². The third-order valence-corrected chi connectivity index (χ3v) is 2.40. The van der Waals surface area contributed by atoms with Gasteiger partial charge in [-0.3, -0.25) is 9.59 Å². The summed E-state index contributed by atoms with van der Waals surface area (Å²) >= 11 is 5.44. The van der Waals surface area contributed by atoms with Gasteiger partial charge < -0.3 is 0 Å². The van der Waals surface area contributed by atoms with Crippen molar-refractivity contribution < 1.29 is 9.59 Å². The highest BCUT2D eigenvalue weighted by Crippen LogP contribution is 2.18. The van der Waals surface area contributed by atoms with Crippen molar-refractivity contribution in [2.24, 2.45) is 0 Å². The number of Topliss-reactive ketones (excluding diaryl/α,β-unsaturated/α-hetero) is 1. The summed E-state index contributed by atoms with van der Waals surface area (Å²) in [5.74, 6) is -0.535. The number of alkyl halides is 1. The van der Waals surface area contributed by atoms with Crippen LogP contribution in [0, 0.1) is 18.3 Å². The number of hydrogen-bond donors (Lipinski definition) is 0. The first-order valence-electron chi connectivity index (χ1n) is 4.23. The van der Waals surface area contributed by atoms with Gasteiger partial charge in [0.15, 0.2) is 5.78 Å². The molecule has 0 N–H and O–H groups in total. The van der Waals surface area contributed by atoms with E-state index in [1.807, 2.05) is 6.07 Å². The quantitative estimate of drug-likeness (QED) is 0.446. The van der Waals surface area contributed by atoms with Gasteiger partial charge in [0.05, 0.1) is 17.5 Å². The third-order valence-electron chi connectivity index (χ3n) is 2.15. The fourth-order valence-electron chi connectivity index (χ4n) is 1.37. The Hall–Kier alpha value is -1.66. The highest BCUT2D eigenvalue weighted by Gasteiger charge is 2.15. The number of nitriles is 1. The molecular formula is C11H8ClNO2. The Morgan fingerprint density at radius 2 is 2.27 bits per heavy atom. The normalized spacial score (nSPS) is 9.40. The molecule has 0 saturated carbocycles. The zero-order valence-electron chi connectivity index (χ0n) is 8.08. The zero-order valence-corrected chi connectivity index (χ0v) is 8.84. The van der Waals surface area contributed by atoms with E-state index < -0.39 is 0 Å². The lowest BCUT2D eigenvalue weighted by atomic mass is 9.95. The standard InChI is InChI=1S/C11H8ClNO2/c1-7-9(6-14)3-2-8(5-13)11(7)10(15)4-12/h2-3,6H,4H2,1H3. The van der Waals surface area contributed by atoms with Crippen molar-refractivity contribution in [1.82, 2.24) is 0 Å². The van der Waals surface area contributed by atoms with E-state index in [1.165, 1.54) is 12.1 Å². The van der Waals surface area contributed by atoms with E-state index in [9.17, 15) is 9.59 Å². The molecule has 0 spiro atoms. The molecule has 0 aliphatic rings. The van der Waals surface area contributed by atoms with Gasteiger partial charge in [-0.1, -0.05) is 6.07 Å². The Bertz CT molecular complexity index is 460. The number of rotatable bonds is 3. The van der Waals surface area contributed by atoms with E-state index >= 15 is 0 Å². The van der Waals surface area contributed by atoms with Crippen LogP contribution in [0.2, 0.25) is 0 Å². The molecule has 0 atom stereocenters. The first-order chi connectivity index (χ1) is 7.15. The number of halogens is 1.